The van der Waals surface area contributed by atoms with Crippen LogP contribution >= 0.6 is 8.60 Å². The Labute approximate surface area is 146 Å². The van der Waals surface area contributed by atoms with E-state index in [1.54, 1.807) is 0 Å². The summed E-state index contributed by atoms with van der Waals surface area (Å²) in [4.78, 5) is 19.3. The Balaban J connectivity index is 2.33. The Morgan fingerprint density at radius 3 is 1.75 bits per heavy atom. The molecule has 0 bridgehead atoms. The van der Waals surface area contributed by atoms with Crippen molar-refractivity contribution in [1.82, 2.24) is 0 Å². The topological polar surface area (TPSA) is 49.7 Å². The van der Waals surface area contributed by atoms with E-state index in [0.717, 1.165) is 30.4 Å². The fourth-order valence-corrected chi connectivity index (χ4v) is 3.72. The number of unbranched alkanes of at least 4 members (excludes halogenated alkanes) is 4. The van der Waals surface area contributed by atoms with Gasteiger partial charge in [0.1, 0.15) is 5.60 Å². The Morgan fingerprint density at radius 1 is 0.792 bits per heavy atom. The molecule has 0 saturated carbocycles. The van der Waals surface area contributed by atoms with Crippen molar-refractivity contribution >= 4 is 8.60 Å². The van der Waals surface area contributed by atoms with Gasteiger partial charge < -0.3 is 9.79 Å². The summed E-state index contributed by atoms with van der Waals surface area (Å²) >= 11 is 0. The van der Waals surface area contributed by atoms with Gasteiger partial charge in [-0.15, -0.1) is 0 Å². The molecule has 130 valence electrons. The molecule has 0 aliphatic rings. The molecule has 0 heterocycles. The molecule has 0 aromatic heterocycles. The summed E-state index contributed by atoms with van der Waals surface area (Å²) < 4.78 is 5.79. The van der Waals surface area contributed by atoms with Crippen molar-refractivity contribution in [3.05, 3.63) is 71.8 Å². The molecule has 0 unspecified atom stereocenters. The summed E-state index contributed by atoms with van der Waals surface area (Å²) in [6, 6.07) is 19.8. The van der Waals surface area contributed by atoms with Gasteiger partial charge in [0, 0.05) is 0 Å². The van der Waals surface area contributed by atoms with E-state index in [9.17, 15) is 9.79 Å². The van der Waals surface area contributed by atoms with Crippen LogP contribution in [0.2, 0.25) is 0 Å². The van der Waals surface area contributed by atoms with Gasteiger partial charge in [-0.25, -0.2) is 0 Å². The first-order valence-corrected chi connectivity index (χ1v) is 9.83. The Morgan fingerprint density at radius 2 is 1.29 bits per heavy atom. The maximum absolute atomic E-state index is 9.65. The van der Waals surface area contributed by atoms with Crippen LogP contribution in [0.4, 0.5) is 0 Å². The van der Waals surface area contributed by atoms with Crippen molar-refractivity contribution in [3.63, 3.8) is 0 Å². The van der Waals surface area contributed by atoms with Gasteiger partial charge in [-0.05, 0) is 24.0 Å². The van der Waals surface area contributed by atoms with E-state index in [-0.39, 0.29) is 0 Å². The molecule has 2 aromatic rings. The van der Waals surface area contributed by atoms with Crippen molar-refractivity contribution in [2.75, 3.05) is 0 Å². The highest BCUT2D eigenvalue weighted by atomic mass is 31.2. The quantitative estimate of drug-likeness (QED) is 0.440. The molecular formula is C20H27O3P. The van der Waals surface area contributed by atoms with Crippen LogP contribution in [0, 0.1) is 0 Å². The average molecular weight is 346 g/mol. The summed E-state index contributed by atoms with van der Waals surface area (Å²) in [5.41, 5.74) is 1.11. The van der Waals surface area contributed by atoms with Crippen LogP contribution in [-0.4, -0.2) is 9.79 Å². The molecule has 0 atom stereocenters. The normalized spacial score (nSPS) is 11.8. The number of hydrogen-bond acceptors (Lipinski definition) is 3. The molecule has 0 aliphatic heterocycles. The van der Waals surface area contributed by atoms with Gasteiger partial charge in [-0.3, -0.25) is 4.52 Å². The first-order valence-electron chi connectivity index (χ1n) is 8.67. The van der Waals surface area contributed by atoms with E-state index < -0.39 is 14.2 Å². The van der Waals surface area contributed by atoms with Crippen molar-refractivity contribution in [3.8, 4) is 0 Å². The van der Waals surface area contributed by atoms with Gasteiger partial charge in [0.25, 0.3) is 0 Å². The molecule has 0 spiro atoms. The Bertz CT molecular complexity index is 532. The lowest BCUT2D eigenvalue weighted by Gasteiger charge is -2.35. The zero-order chi connectivity index (χ0) is 17.3. The van der Waals surface area contributed by atoms with E-state index in [1.165, 1.54) is 19.3 Å². The zero-order valence-corrected chi connectivity index (χ0v) is 15.2. The Kier molecular flexibility index (Phi) is 7.87. The minimum absolute atomic E-state index is 0.727. The van der Waals surface area contributed by atoms with E-state index in [2.05, 4.69) is 6.92 Å². The lowest BCUT2D eigenvalue weighted by molar-refractivity contribution is 0.0791. The second-order valence-electron chi connectivity index (χ2n) is 6.07. The summed E-state index contributed by atoms with van der Waals surface area (Å²) in [5, 5.41) is 0. The van der Waals surface area contributed by atoms with Crippen molar-refractivity contribution in [2.45, 2.75) is 51.0 Å². The maximum atomic E-state index is 9.65. The standard InChI is InChI=1S/C20H27O3P/c1-2-3-4-5-12-17-20(23-24(21)22,18-13-8-6-9-14-18)19-15-10-7-11-16-19/h6-11,13-16,21-22H,2-5,12,17H2,1H3. The first-order chi connectivity index (χ1) is 11.7. The highest BCUT2D eigenvalue weighted by Crippen LogP contribution is 2.46. The molecule has 0 amide bonds. The van der Waals surface area contributed by atoms with Gasteiger partial charge >= 0.3 is 8.60 Å². The summed E-state index contributed by atoms with van der Waals surface area (Å²) in [6.45, 7) is 2.20. The van der Waals surface area contributed by atoms with Gasteiger partial charge in [-0.1, -0.05) is 93.3 Å². The van der Waals surface area contributed by atoms with Gasteiger partial charge in [0.2, 0.25) is 0 Å². The SMILES string of the molecule is CCCCCCCC(OP(O)O)(c1ccccc1)c1ccccc1. The summed E-state index contributed by atoms with van der Waals surface area (Å²) in [5.74, 6) is 0. The smallest absolute Gasteiger partial charge is 0.328 e. The molecule has 3 nitrogen and oxygen atoms in total. The molecule has 0 saturated heterocycles. The van der Waals surface area contributed by atoms with Gasteiger partial charge in [-0.2, -0.15) is 0 Å². The minimum atomic E-state index is -2.46. The molecule has 2 aromatic carbocycles. The van der Waals surface area contributed by atoms with Gasteiger partial charge in [0.05, 0.1) is 0 Å². The van der Waals surface area contributed by atoms with Crippen LogP contribution in [-0.2, 0) is 10.1 Å². The van der Waals surface area contributed by atoms with Gasteiger partial charge in [0.15, 0.2) is 0 Å². The van der Waals surface area contributed by atoms with Crippen LogP contribution in [0.3, 0.4) is 0 Å². The molecule has 0 radical (unpaired) electrons. The largest absolute Gasteiger partial charge is 0.328 e. The fraction of sp³-hybridized carbons (Fsp3) is 0.400. The average Bonchev–Trinajstić information content (AvgIpc) is 2.62. The minimum Gasteiger partial charge on any atom is -0.328 e. The predicted molar refractivity (Wildman–Crippen MR) is 99.5 cm³/mol. The zero-order valence-electron chi connectivity index (χ0n) is 14.3. The first kappa shape index (κ1) is 19.1. The highest BCUT2D eigenvalue weighted by Gasteiger charge is 2.37. The lowest BCUT2D eigenvalue weighted by Crippen LogP contribution is -2.29. The number of rotatable bonds is 10. The van der Waals surface area contributed by atoms with Crippen molar-refractivity contribution in [1.29, 1.82) is 0 Å². The lowest BCUT2D eigenvalue weighted by atomic mass is 9.82. The molecule has 0 fully saturated rings. The summed E-state index contributed by atoms with van der Waals surface area (Å²) in [7, 11) is -2.46. The van der Waals surface area contributed by atoms with Crippen LogP contribution in [0.1, 0.15) is 56.6 Å². The van der Waals surface area contributed by atoms with E-state index in [1.807, 2.05) is 60.7 Å². The second-order valence-corrected chi connectivity index (χ2v) is 6.76. The molecule has 2 rings (SSSR count). The summed E-state index contributed by atoms with van der Waals surface area (Å²) in [6.07, 6.45) is 6.46. The third kappa shape index (κ3) is 5.12. The van der Waals surface area contributed by atoms with Crippen LogP contribution in [0.15, 0.2) is 60.7 Å². The monoisotopic (exact) mass is 346 g/mol. The molecule has 0 aliphatic carbocycles. The predicted octanol–water partition coefficient (Wildman–Crippen LogP) is 5.52. The Hall–Kier alpha value is -1.25. The fourth-order valence-electron chi connectivity index (χ4n) is 3.14. The molecular weight excluding hydrogens is 319 g/mol. The van der Waals surface area contributed by atoms with E-state index in [0.29, 0.717) is 0 Å². The molecule has 2 N–H and O–H groups in total. The van der Waals surface area contributed by atoms with Crippen molar-refractivity contribution in [2.24, 2.45) is 0 Å². The molecule has 24 heavy (non-hydrogen) atoms. The van der Waals surface area contributed by atoms with Crippen LogP contribution < -0.4 is 0 Å². The third-order valence-corrected chi connectivity index (χ3v) is 4.83. The maximum Gasteiger partial charge on any atom is 0.328 e. The third-order valence-electron chi connectivity index (χ3n) is 4.35. The van der Waals surface area contributed by atoms with E-state index in [4.69, 9.17) is 4.52 Å². The number of hydrogen-bond donors (Lipinski definition) is 2. The molecule has 4 heteroatoms. The van der Waals surface area contributed by atoms with E-state index >= 15 is 0 Å². The van der Waals surface area contributed by atoms with Crippen LogP contribution in [0.5, 0.6) is 0 Å². The number of benzene rings is 2. The highest BCUT2D eigenvalue weighted by molar-refractivity contribution is 7.39. The second kappa shape index (κ2) is 9.90. The van der Waals surface area contributed by atoms with Crippen LogP contribution in [0.25, 0.3) is 0 Å². The van der Waals surface area contributed by atoms with Crippen molar-refractivity contribution < 1.29 is 14.3 Å².